The molecule has 32 valence electrons. The maximum Gasteiger partial charge on any atom is -0.0149 e. The number of rotatable bonds is 0. The molecule has 0 heterocycles. The second-order valence-corrected chi connectivity index (χ2v) is 0. The topological polar surface area (TPSA) is 0 Å². The third-order valence-electron chi connectivity index (χ3n) is 0. The fourth-order valence-electron chi connectivity index (χ4n) is 0. The Morgan fingerprint density at radius 2 is 0.750 bits per heavy atom. The van der Waals surface area contributed by atoms with Crippen molar-refractivity contribution in [1.82, 2.24) is 0 Å². The summed E-state index contributed by atoms with van der Waals surface area (Å²) in [7, 11) is 0. The van der Waals surface area contributed by atoms with Gasteiger partial charge in [-0.25, -0.2) is 0 Å². The van der Waals surface area contributed by atoms with Crippen LogP contribution < -0.4 is 0 Å². The van der Waals surface area contributed by atoms with Gasteiger partial charge in [0.1, 0.15) is 0 Å². The second-order valence-electron chi connectivity index (χ2n) is 0. The molecule has 0 saturated carbocycles. The molecule has 0 bridgehead atoms. The number of hydrogen-bond donors (Lipinski definition) is 0. The van der Waals surface area contributed by atoms with Crippen molar-refractivity contribution in [2.45, 2.75) is 7.43 Å². The Morgan fingerprint density at radius 1 is 0.750 bits per heavy atom. The number of hydrogen-bond acceptors (Lipinski definition) is 0. The van der Waals surface area contributed by atoms with Gasteiger partial charge in [0.05, 0.1) is 0 Å². The molecule has 0 spiro atoms. The highest BCUT2D eigenvalue weighted by molar-refractivity contribution is 5.85. The Labute approximate surface area is 43.8 Å². The van der Waals surface area contributed by atoms with E-state index >= 15 is 0 Å². The summed E-state index contributed by atoms with van der Waals surface area (Å²) >= 11 is 0. The van der Waals surface area contributed by atoms with E-state index in [2.05, 4.69) is 0 Å². The summed E-state index contributed by atoms with van der Waals surface area (Å²) in [6.45, 7) is 0. The van der Waals surface area contributed by atoms with E-state index in [4.69, 9.17) is 0 Å². The van der Waals surface area contributed by atoms with Gasteiger partial charge in [0.25, 0.3) is 0 Å². The molecule has 0 amide bonds. The predicted molar refractivity (Wildman–Crippen MR) is 32.6 cm³/mol. The summed E-state index contributed by atoms with van der Waals surface area (Å²) < 4.78 is 0. The molecule has 0 unspecified atom stereocenters. The summed E-state index contributed by atoms with van der Waals surface area (Å²) in [6.07, 6.45) is 0. The smallest absolute Gasteiger partial charge is 0.0149 e. The van der Waals surface area contributed by atoms with Crippen LogP contribution in [0.5, 0.6) is 0 Å². The predicted octanol–water partition coefficient (Wildman–Crippen LogP) is 0.0281. The first kappa shape index (κ1) is 109. The van der Waals surface area contributed by atoms with Gasteiger partial charge in [-0.3, -0.25) is 0 Å². The zero-order valence-corrected chi connectivity index (χ0v) is 2.45. The van der Waals surface area contributed by atoms with Crippen LogP contribution in [-0.2, 0) is 0 Å². The van der Waals surface area contributed by atoms with Gasteiger partial charge in [0.15, 0.2) is 0 Å². The van der Waals surface area contributed by atoms with E-state index in [0.29, 0.717) is 0 Å². The molecule has 0 radical (unpaired) electrons. The maximum absolute atomic E-state index is 0. The van der Waals surface area contributed by atoms with Crippen LogP contribution in [0.3, 0.4) is 0 Å². The molecule has 0 aromatic heterocycles. The molecule has 0 fully saturated rings. The van der Waals surface area contributed by atoms with Crippen molar-refractivity contribution in [1.29, 1.82) is 0 Å². The first-order chi connectivity index (χ1) is 0. The first-order valence-electron chi connectivity index (χ1n) is 0. The lowest BCUT2D eigenvalue weighted by molar-refractivity contribution is 2.50. The minimum absolute atomic E-state index is 0. The monoisotopic (exact) mass is 120 g/mol. The molecule has 4 heavy (non-hydrogen) atoms. The fourth-order valence-corrected chi connectivity index (χ4v) is 0. The van der Waals surface area contributed by atoms with Gasteiger partial charge in [-0.2, -0.15) is 0 Å². The van der Waals surface area contributed by atoms with Gasteiger partial charge >= 0.3 is 0 Å². The van der Waals surface area contributed by atoms with Gasteiger partial charge in [-0.1, -0.05) is 7.43 Å². The normalized spacial score (nSPS) is 0. The average molecular weight is 121 g/mol. The van der Waals surface area contributed by atoms with Crippen molar-refractivity contribution in [3.63, 3.8) is 0 Å². The first-order valence-corrected chi connectivity index (χ1v) is 0. The van der Waals surface area contributed by atoms with Crippen molar-refractivity contribution in [3.05, 3.63) is 0 Å². The Balaban J connectivity index is 0. The van der Waals surface area contributed by atoms with E-state index in [1.165, 1.54) is 0 Å². The SMILES string of the molecule is C.Cl.Cl.[SiH4]. The summed E-state index contributed by atoms with van der Waals surface area (Å²) in [4.78, 5) is 0. The summed E-state index contributed by atoms with van der Waals surface area (Å²) in [5.74, 6) is 0. The Bertz CT molecular complexity index is 6.00. The number of halogens is 2. The highest BCUT2D eigenvalue weighted by atomic mass is 35.5. The third-order valence-corrected chi connectivity index (χ3v) is 0. The van der Waals surface area contributed by atoms with Crippen molar-refractivity contribution in [2.75, 3.05) is 0 Å². The molecule has 0 N–H and O–H groups in total. The lowest BCUT2D eigenvalue weighted by Gasteiger charge is -0.148. The van der Waals surface area contributed by atoms with Crippen molar-refractivity contribution >= 4 is 35.8 Å². The molecule has 0 nitrogen and oxygen atoms in total. The average Bonchev–Trinajstić information content (AvgIpc) is 0. The van der Waals surface area contributed by atoms with Crippen molar-refractivity contribution < 1.29 is 0 Å². The maximum atomic E-state index is 0. The van der Waals surface area contributed by atoms with E-state index in [0.717, 1.165) is 0 Å². The van der Waals surface area contributed by atoms with Gasteiger partial charge in [0.2, 0.25) is 0 Å². The Hall–Kier alpha value is 0.797. The summed E-state index contributed by atoms with van der Waals surface area (Å²) in [5, 5.41) is 0. The lowest BCUT2D eigenvalue weighted by atomic mass is 12.0. The van der Waals surface area contributed by atoms with E-state index in [9.17, 15) is 0 Å². The van der Waals surface area contributed by atoms with Gasteiger partial charge in [-0.05, 0) is 11.0 Å². The standard InChI is InChI=1S/CH4.2ClH.H4Si/h1H4;2*1H;1H4. The van der Waals surface area contributed by atoms with Gasteiger partial charge in [0, 0.05) is 0 Å². The van der Waals surface area contributed by atoms with Crippen LogP contribution >= 0.6 is 24.8 Å². The zero-order valence-electron chi connectivity index (χ0n) is 0.816. The third kappa shape index (κ3) is 14.2. The van der Waals surface area contributed by atoms with Crippen LogP contribution in [0.1, 0.15) is 7.43 Å². The Morgan fingerprint density at radius 3 is 0.750 bits per heavy atom. The van der Waals surface area contributed by atoms with E-state index in [-0.39, 0.29) is 43.2 Å². The lowest BCUT2D eigenvalue weighted by Crippen LogP contribution is -0.381. The molecule has 0 aliphatic rings. The molecule has 0 atom stereocenters. The van der Waals surface area contributed by atoms with E-state index < -0.39 is 0 Å². The van der Waals surface area contributed by atoms with Crippen LogP contribution in [0.25, 0.3) is 0 Å². The van der Waals surface area contributed by atoms with Crippen LogP contribution in [-0.4, -0.2) is 11.0 Å². The highest BCUT2D eigenvalue weighted by Crippen LogP contribution is 0.691. The Kier molecular flexibility index (Phi) is 1270. The molecule has 0 aliphatic carbocycles. The van der Waals surface area contributed by atoms with Crippen LogP contribution in [0.2, 0.25) is 0 Å². The van der Waals surface area contributed by atoms with Crippen molar-refractivity contribution in [2.24, 2.45) is 0 Å². The second kappa shape index (κ2) is 46.8. The minimum atomic E-state index is 0. The zero-order chi connectivity index (χ0) is 0. The van der Waals surface area contributed by atoms with Crippen LogP contribution in [0.15, 0.2) is 0 Å². The van der Waals surface area contributed by atoms with E-state index in [1.807, 2.05) is 0 Å². The minimum Gasteiger partial charge on any atom is -0.147 e. The molecular weight excluding hydrogens is 111 g/mol. The van der Waals surface area contributed by atoms with E-state index in [1.54, 1.807) is 0 Å². The fraction of sp³-hybridized carbons (Fsp3) is 1.00. The molecule has 0 aliphatic heterocycles. The van der Waals surface area contributed by atoms with Gasteiger partial charge in [-0.15, -0.1) is 24.8 Å². The summed E-state index contributed by atoms with van der Waals surface area (Å²) in [6, 6.07) is 0. The quantitative estimate of drug-likeness (QED) is 0.396. The molecule has 0 aromatic carbocycles. The molecule has 0 aromatic rings. The summed E-state index contributed by atoms with van der Waals surface area (Å²) in [5.41, 5.74) is 0. The molecule has 0 rings (SSSR count). The largest absolute Gasteiger partial charge is 0.147 e. The van der Waals surface area contributed by atoms with Crippen LogP contribution in [0, 0.1) is 0 Å². The highest BCUT2D eigenvalue weighted by Gasteiger charge is -0.0148. The molecule has 0 saturated heterocycles. The van der Waals surface area contributed by atoms with Crippen LogP contribution in [0.4, 0.5) is 0 Å². The van der Waals surface area contributed by atoms with Gasteiger partial charge < -0.3 is 0 Å². The molecular formula is CH10Cl2Si. The van der Waals surface area contributed by atoms with Crippen molar-refractivity contribution in [3.8, 4) is 0 Å². The molecule has 3 heteroatoms.